The number of aryl methyl sites for hydroxylation is 1. The van der Waals surface area contributed by atoms with Gasteiger partial charge in [0.15, 0.2) is 0 Å². The van der Waals surface area contributed by atoms with Crippen molar-refractivity contribution in [2.75, 3.05) is 38.2 Å². The number of hydrogen-bond acceptors (Lipinski definition) is 5. The first kappa shape index (κ1) is 24.4. The minimum atomic E-state index is -3.70. The van der Waals surface area contributed by atoms with Crippen LogP contribution >= 0.6 is 0 Å². The van der Waals surface area contributed by atoms with Crippen LogP contribution in [0.2, 0.25) is 0 Å². The average Bonchev–Trinajstić information content (AvgIpc) is 2.85. The molecule has 0 saturated carbocycles. The van der Waals surface area contributed by atoms with E-state index < -0.39 is 15.9 Å². The van der Waals surface area contributed by atoms with Gasteiger partial charge in [-0.2, -0.15) is 4.31 Å². The third-order valence-electron chi connectivity index (χ3n) is 6.49. The van der Waals surface area contributed by atoms with Crippen molar-refractivity contribution in [1.82, 2.24) is 9.21 Å². The van der Waals surface area contributed by atoms with Crippen molar-refractivity contribution in [3.05, 3.63) is 59.2 Å². The molecule has 0 radical (unpaired) electrons. The molecule has 2 amide bonds. The minimum Gasteiger partial charge on any atom is -0.379 e. The molecular formula is C25H31N3O5S. The van der Waals surface area contributed by atoms with Crippen LogP contribution in [0.5, 0.6) is 0 Å². The summed E-state index contributed by atoms with van der Waals surface area (Å²) in [6, 6.07) is 11.5. The van der Waals surface area contributed by atoms with Gasteiger partial charge in [0, 0.05) is 42.5 Å². The highest BCUT2D eigenvalue weighted by Gasteiger charge is 2.27. The second-order valence-electron chi connectivity index (χ2n) is 8.87. The van der Waals surface area contributed by atoms with Crippen molar-refractivity contribution in [1.29, 1.82) is 0 Å². The molecule has 1 unspecified atom stereocenters. The number of sulfonamides is 1. The Labute approximate surface area is 200 Å². The number of amides is 2. The van der Waals surface area contributed by atoms with Gasteiger partial charge in [-0.25, -0.2) is 8.42 Å². The van der Waals surface area contributed by atoms with Crippen LogP contribution in [0.15, 0.2) is 47.4 Å². The van der Waals surface area contributed by atoms with Crippen molar-refractivity contribution in [2.45, 2.75) is 44.0 Å². The molecule has 0 aliphatic carbocycles. The fourth-order valence-corrected chi connectivity index (χ4v) is 5.89. The lowest BCUT2D eigenvalue weighted by Gasteiger charge is -2.33. The van der Waals surface area contributed by atoms with Gasteiger partial charge in [0.2, 0.25) is 10.0 Å². The summed E-state index contributed by atoms with van der Waals surface area (Å²) in [6.45, 7) is 5.97. The molecule has 0 aromatic heterocycles. The normalized spacial score (nSPS) is 19.6. The van der Waals surface area contributed by atoms with E-state index in [1.807, 2.05) is 11.8 Å². The van der Waals surface area contributed by atoms with Crippen LogP contribution in [0.4, 0.5) is 5.69 Å². The van der Waals surface area contributed by atoms with Gasteiger partial charge in [-0.1, -0.05) is 6.07 Å². The number of anilines is 1. The predicted molar refractivity (Wildman–Crippen MR) is 130 cm³/mol. The third kappa shape index (κ3) is 5.16. The Kier molecular flexibility index (Phi) is 7.35. The van der Waals surface area contributed by atoms with Crippen molar-refractivity contribution in [2.24, 2.45) is 0 Å². The number of ether oxygens (including phenoxy) is 1. The first-order chi connectivity index (χ1) is 16.3. The van der Waals surface area contributed by atoms with Gasteiger partial charge in [0.25, 0.3) is 11.8 Å². The van der Waals surface area contributed by atoms with Crippen molar-refractivity contribution < 1.29 is 22.7 Å². The van der Waals surface area contributed by atoms with Gasteiger partial charge < -0.3 is 15.0 Å². The standard InChI is InChI=1S/C25H31N3O5S/c1-18-16-21(25(30)28-11-4-3-6-19(28)2)9-10-23(18)26-24(29)20-7-5-8-22(17-20)34(31,32)27-12-14-33-15-13-27/h5,7-10,16-17,19H,3-4,6,11-15H2,1-2H3,(H,26,29). The van der Waals surface area contributed by atoms with Crippen LogP contribution in [0.1, 0.15) is 52.5 Å². The predicted octanol–water partition coefficient (Wildman–Crippen LogP) is 3.28. The van der Waals surface area contributed by atoms with E-state index in [1.165, 1.54) is 16.4 Å². The number of hydrogen-bond donors (Lipinski definition) is 1. The Balaban J connectivity index is 1.48. The van der Waals surface area contributed by atoms with Gasteiger partial charge in [-0.3, -0.25) is 9.59 Å². The number of morpholine rings is 1. The highest BCUT2D eigenvalue weighted by atomic mass is 32.2. The van der Waals surface area contributed by atoms with Gasteiger partial charge in [0.05, 0.1) is 18.1 Å². The lowest BCUT2D eigenvalue weighted by molar-refractivity contribution is 0.0635. The maximum Gasteiger partial charge on any atom is 0.255 e. The molecule has 2 saturated heterocycles. The third-order valence-corrected chi connectivity index (χ3v) is 8.38. The van der Waals surface area contributed by atoms with Gasteiger partial charge in [-0.15, -0.1) is 0 Å². The second kappa shape index (κ2) is 10.2. The Hall–Kier alpha value is -2.75. The van der Waals surface area contributed by atoms with E-state index in [9.17, 15) is 18.0 Å². The number of benzene rings is 2. The van der Waals surface area contributed by atoms with Crippen LogP contribution in [0, 0.1) is 6.92 Å². The summed E-state index contributed by atoms with van der Waals surface area (Å²) < 4.78 is 32.5. The van der Waals surface area contributed by atoms with E-state index in [0.29, 0.717) is 37.6 Å². The molecule has 1 N–H and O–H groups in total. The zero-order valence-electron chi connectivity index (χ0n) is 19.6. The maximum absolute atomic E-state index is 12.9. The Morgan fingerprint density at radius 3 is 2.47 bits per heavy atom. The van der Waals surface area contributed by atoms with Gasteiger partial charge >= 0.3 is 0 Å². The quantitative estimate of drug-likeness (QED) is 0.701. The number of piperidine rings is 1. The van der Waals surface area contributed by atoms with Crippen LogP contribution < -0.4 is 5.32 Å². The molecule has 8 nitrogen and oxygen atoms in total. The highest BCUT2D eigenvalue weighted by Crippen LogP contribution is 2.24. The Bertz CT molecular complexity index is 1170. The number of carbonyl (C=O) groups excluding carboxylic acids is 2. The fourth-order valence-electron chi connectivity index (χ4n) is 4.43. The average molecular weight is 486 g/mol. The van der Waals surface area contributed by atoms with Crippen molar-refractivity contribution in [3.63, 3.8) is 0 Å². The summed E-state index contributed by atoms with van der Waals surface area (Å²) >= 11 is 0. The summed E-state index contributed by atoms with van der Waals surface area (Å²) in [5.41, 5.74) is 2.19. The SMILES string of the molecule is Cc1cc(C(=O)N2CCCCC2C)ccc1NC(=O)c1cccc(S(=O)(=O)N2CCOCC2)c1. The van der Waals surface area contributed by atoms with E-state index in [1.54, 1.807) is 30.3 Å². The summed E-state index contributed by atoms with van der Waals surface area (Å²) in [7, 11) is -3.70. The van der Waals surface area contributed by atoms with Crippen molar-refractivity contribution >= 4 is 27.5 Å². The zero-order valence-corrected chi connectivity index (χ0v) is 20.4. The number of rotatable bonds is 5. The summed E-state index contributed by atoms with van der Waals surface area (Å²) in [5.74, 6) is -0.403. The molecule has 2 aromatic carbocycles. The monoisotopic (exact) mass is 485 g/mol. The van der Waals surface area contributed by atoms with Crippen LogP contribution in [-0.4, -0.2) is 68.3 Å². The molecule has 2 aliphatic heterocycles. The van der Waals surface area contributed by atoms with E-state index in [2.05, 4.69) is 12.2 Å². The molecule has 1 atom stereocenters. The molecule has 0 bridgehead atoms. The minimum absolute atomic E-state index is 0.00852. The molecule has 0 spiro atoms. The van der Waals surface area contributed by atoms with Crippen LogP contribution in [-0.2, 0) is 14.8 Å². The van der Waals surface area contributed by atoms with E-state index in [4.69, 9.17) is 4.74 Å². The number of carbonyl (C=O) groups is 2. The number of nitrogens with zero attached hydrogens (tertiary/aromatic N) is 2. The molecule has 2 aliphatic rings. The lowest BCUT2D eigenvalue weighted by atomic mass is 10.0. The zero-order chi connectivity index (χ0) is 24.3. The molecule has 2 aromatic rings. The first-order valence-electron chi connectivity index (χ1n) is 11.7. The molecular weight excluding hydrogens is 454 g/mol. The summed E-state index contributed by atoms with van der Waals surface area (Å²) in [5, 5.41) is 2.85. The van der Waals surface area contributed by atoms with E-state index >= 15 is 0 Å². The molecule has 34 heavy (non-hydrogen) atoms. The van der Waals surface area contributed by atoms with Crippen molar-refractivity contribution in [3.8, 4) is 0 Å². The van der Waals surface area contributed by atoms with Gasteiger partial charge in [-0.05, 0) is 75.1 Å². The summed E-state index contributed by atoms with van der Waals surface area (Å²) in [4.78, 5) is 27.9. The number of likely N-dealkylation sites (tertiary alicyclic amines) is 1. The largest absolute Gasteiger partial charge is 0.379 e. The van der Waals surface area contributed by atoms with Gasteiger partial charge in [0.1, 0.15) is 0 Å². The summed E-state index contributed by atoms with van der Waals surface area (Å²) in [6.07, 6.45) is 3.17. The van der Waals surface area contributed by atoms with E-state index in [0.717, 1.165) is 31.4 Å². The Morgan fingerprint density at radius 1 is 1.00 bits per heavy atom. The molecule has 2 fully saturated rings. The lowest BCUT2D eigenvalue weighted by Crippen LogP contribution is -2.42. The first-order valence-corrected chi connectivity index (χ1v) is 13.1. The molecule has 9 heteroatoms. The fraction of sp³-hybridized carbons (Fsp3) is 0.440. The Morgan fingerprint density at radius 2 is 1.76 bits per heavy atom. The second-order valence-corrected chi connectivity index (χ2v) is 10.8. The molecule has 2 heterocycles. The smallest absolute Gasteiger partial charge is 0.255 e. The maximum atomic E-state index is 12.9. The topological polar surface area (TPSA) is 96.0 Å². The highest BCUT2D eigenvalue weighted by molar-refractivity contribution is 7.89. The molecule has 182 valence electrons. The van der Waals surface area contributed by atoms with Crippen LogP contribution in [0.3, 0.4) is 0 Å². The molecule has 4 rings (SSSR count). The van der Waals surface area contributed by atoms with E-state index in [-0.39, 0.29) is 22.4 Å². The van der Waals surface area contributed by atoms with Crippen LogP contribution in [0.25, 0.3) is 0 Å². The number of nitrogens with one attached hydrogen (secondary N) is 1.